The molecule has 2 aliphatic carbocycles. The Hall–Kier alpha value is -2.07. The van der Waals surface area contributed by atoms with Crippen LogP contribution in [-0.4, -0.2) is 26.5 Å². The minimum atomic E-state index is -0.278. The predicted octanol–water partition coefficient (Wildman–Crippen LogP) is 2.23. The quantitative estimate of drug-likeness (QED) is 0.909. The molecule has 0 fully saturated rings. The molecule has 0 amide bonds. The first-order valence-corrected chi connectivity index (χ1v) is 7.62. The fraction of sp³-hybridized carbons (Fsp3) is 0.389. The molecule has 0 bridgehead atoms. The summed E-state index contributed by atoms with van der Waals surface area (Å²) in [4.78, 5) is 11.6. The van der Waals surface area contributed by atoms with Crippen LogP contribution in [-0.2, 0) is 16.6 Å². The lowest BCUT2D eigenvalue weighted by atomic mass is 9.77. The second-order valence-electron chi connectivity index (χ2n) is 6.13. The van der Waals surface area contributed by atoms with Crippen molar-refractivity contribution in [2.75, 3.05) is 20.8 Å². The van der Waals surface area contributed by atoms with Crippen LogP contribution < -0.4 is 14.8 Å². The lowest BCUT2D eigenvalue weighted by molar-refractivity contribution is -0.110. The van der Waals surface area contributed by atoms with E-state index in [0.29, 0.717) is 6.04 Å². The lowest BCUT2D eigenvalue weighted by Gasteiger charge is -2.27. The summed E-state index contributed by atoms with van der Waals surface area (Å²) in [6.07, 6.45) is 9.28. The molecule has 0 saturated heterocycles. The van der Waals surface area contributed by atoms with E-state index < -0.39 is 0 Å². The molecule has 0 saturated carbocycles. The third kappa shape index (κ3) is 1.70. The van der Waals surface area contributed by atoms with E-state index in [9.17, 15) is 4.79 Å². The smallest absolute Gasteiger partial charge is 0.178 e. The lowest BCUT2D eigenvalue weighted by Crippen LogP contribution is -2.28. The zero-order valence-electron chi connectivity index (χ0n) is 12.8. The van der Waals surface area contributed by atoms with Crippen LogP contribution in [0.2, 0.25) is 0 Å². The van der Waals surface area contributed by atoms with E-state index in [0.717, 1.165) is 36.4 Å². The Bertz CT molecular complexity index is 702. The summed E-state index contributed by atoms with van der Waals surface area (Å²) in [6, 6.07) is 2.41. The van der Waals surface area contributed by atoms with Crippen molar-refractivity contribution in [2.24, 2.45) is 0 Å². The summed E-state index contributed by atoms with van der Waals surface area (Å²) in [6.45, 7) is 0.967. The van der Waals surface area contributed by atoms with Gasteiger partial charge in [-0.3, -0.25) is 4.79 Å². The van der Waals surface area contributed by atoms with Crippen molar-refractivity contribution < 1.29 is 14.3 Å². The van der Waals surface area contributed by atoms with E-state index in [1.54, 1.807) is 26.4 Å². The van der Waals surface area contributed by atoms with Crippen LogP contribution in [0, 0.1) is 0 Å². The number of nitrogens with one attached hydrogen (secondary N) is 1. The topological polar surface area (TPSA) is 47.6 Å². The number of carbonyl (C=O) groups is 1. The molecular formula is C18H19NO3. The van der Waals surface area contributed by atoms with Crippen LogP contribution in [0.1, 0.15) is 29.2 Å². The van der Waals surface area contributed by atoms with Gasteiger partial charge in [0.25, 0.3) is 0 Å². The molecule has 1 aliphatic heterocycles. The standard InChI is InChI=1S/C18H19NO3/c1-21-14-9-11-5-8-19-13-10-18(6-3-12(20)4-7-18)16(15(11)13)17(14)22-2/h3-4,6-7,9,13,19H,5,8,10H2,1-2H3/t13-/m0/s1. The molecule has 3 aliphatic rings. The Balaban J connectivity index is 2.01. The average molecular weight is 297 g/mol. The van der Waals surface area contributed by atoms with E-state index in [-0.39, 0.29) is 11.2 Å². The molecule has 0 radical (unpaired) electrons. The third-order valence-corrected chi connectivity index (χ3v) is 5.03. The molecule has 1 spiro atoms. The fourth-order valence-corrected chi connectivity index (χ4v) is 4.10. The van der Waals surface area contributed by atoms with Crippen LogP contribution >= 0.6 is 0 Å². The summed E-state index contributed by atoms with van der Waals surface area (Å²) in [5, 5.41) is 3.60. The first-order chi connectivity index (χ1) is 10.7. The molecule has 22 heavy (non-hydrogen) atoms. The first kappa shape index (κ1) is 13.6. The van der Waals surface area contributed by atoms with Gasteiger partial charge in [-0.1, -0.05) is 12.2 Å². The van der Waals surface area contributed by atoms with Crippen molar-refractivity contribution in [1.82, 2.24) is 5.32 Å². The van der Waals surface area contributed by atoms with Crippen molar-refractivity contribution in [3.8, 4) is 11.5 Å². The normalized spacial score (nSPS) is 23.7. The molecule has 1 N–H and O–H groups in total. The summed E-state index contributed by atoms with van der Waals surface area (Å²) in [7, 11) is 3.35. The van der Waals surface area contributed by atoms with E-state index in [1.165, 1.54) is 11.1 Å². The summed E-state index contributed by atoms with van der Waals surface area (Å²) >= 11 is 0. The van der Waals surface area contributed by atoms with Crippen molar-refractivity contribution >= 4 is 5.78 Å². The third-order valence-electron chi connectivity index (χ3n) is 5.03. The van der Waals surface area contributed by atoms with E-state index in [4.69, 9.17) is 9.47 Å². The van der Waals surface area contributed by atoms with Crippen molar-refractivity contribution in [3.05, 3.63) is 47.1 Å². The van der Waals surface area contributed by atoms with E-state index >= 15 is 0 Å². The zero-order valence-corrected chi connectivity index (χ0v) is 12.8. The van der Waals surface area contributed by atoms with E-state index in [2.05, 4.69) is 11.4 Å². The highest BCUT2D eigenvalue weighted by molar-refractivity contribution is 6.01. The highest BCUT2D eigenvalue weighted by Crippen LogP contribution is 2.56. The number of hydrogen-bond acceptors (Lipinski definition) is 4. The Labute approximate surface area is 129 Å². The number of ether oxygens (including phenoxy) is 2. The Morgan fingerprint density at radius 2 is 2.00 bits per heavy atom. The van der Waals surface area contributed by atoms with Crippen LogP contribution in [0.4, 0.5) is 0 Å². The molecule has 1 atom stereocenters. The minimum Gasteiger partial charge on any atom is -0.493 e. The number of benzene rings is 1. The van der Waals surface area contributed by atoms with Gasteiger partial charge in [-0.05, 0) is 48.7 Å². The number of carbonyl (C=O) groups excluding carboxylic acids is 1. The molecule has 0 unspecified atom stereocenters. The van der Waals surface area contributed by atoms with Gasteiger partial charge < -0.3 is 14.8 Å². The number of rotatable bonds is 2. The van der Waals surface area contributed by atoms with Crippen LogP contribution in [0.15, 0.2) is 30.4 Å². The molecular weight excluding hydrogens is 278 g/mol. The van der Waals surface area contributed by atoms with Gasteiger partial charge in [0.05, 0.1) is 14.2 Å². The molecule has 114 valence electrons. The summed E-state index contributed by atoms with van der Waals surface area (Å²) in [5.41, 5.74) is 3.53. The highest BCUT2D eigenvalue weighted by Gasteiger charge is 2.46. The van der Waals surface area contributed by atoms with Gasteiger partial charge in [0.1, 0.15) is 0 Å². The zero-order chi connectivity index (χ0) is 15.3. The largest absolute Gasteiger partial charge is 0.493 e. The van der Waals surface area contributed by atoms with Gasteiger partial charge in [-0.15, -0.1) is 0 Å². The van der Waals surface area contributed by atoms with Gasteiger partial charge >= 0.3 is 0 Å². The minimum absolute atomic E-state index is 0.0422. The van der Waals surface area contributed by atoms with Gasteiger partial charge in [0.15, 0.2) is 17.3 Å². The second kappa shape index (κ2) is 4.71. The number of allylic oxidation sites excluding steroid dienone is 4. The van der Waals surface area contributed by atoms with Gasteiger partial charge in [0, 0.05) is 17.0 Å². The molecule has 1 aromatic carbocycles. The van der Waals surface area contributed by atoms with Crippen LogP contribution in [0.25, 0.3) is 0 Å². The Morgan fingerprint density at radius 3 is 2.68 bits per heavy atom. The van der Waals surface area contributed by atoms with Crippen molar-refractivity contribution in [1.29, 1.82) is 0 Å². The first-order valence-electron chi connectivity index (χ1n) is 7.62. The Morgan fingerprint density at radius 1 is 1.23 bits per heavy atom. The van der Waals surface area contributed by atoms with E-state index in [1.807, 2.05) is 12.2 Å². The molecule has 1 aromatic rings. The highest BCUT2D eigenvalue weighted by atomic mass is 16.5. The van der Waals surface area contributed by atoms with Crippen molar-refractivity contribution in [3.63, 3.8) is 0 Å². The number of fused-ring (bicyclic) bond motifs is 1. The summed E-state index contributed by atoms with van der Waals surface area (Å²) in [5.74, 6) is 1.61. The maximum absolute atomic E-state index is 11.6. The number of ketones is 1. The average Bonchev–Trinajstić information content (AvgIpc) is 2.86. The number of methoxy groups -OCH3 is 2. The Kier molecular flexibility index (Phi) is 2.91. The molecule has 1 heterocycles. The van der Waals surface area contributed by atoms with Crippen LogP contribution in [0.3, 0.4) is 0 Å². The maximum atomic E-state index is 11.6. The van der Waals surface area contributed by atoms with Crippen LogP contribution in [0.5, 0.6) is 11.5 Å². The fourth-order valence-electron chi connectivity index (χ4n) is 4.10. The monoisotopic (exact) mass is 297 g/mol. The molecule has 0 aromatic heterocycles. The SMILES string of the molecule is COc1cc2c3c(c1OC)C1(C=CC(=O)C=C1)C[C@@H]3NCC2. The van der Waals surface area contributed by atoms with Crippen molar-refractivity contribution in [2.45, 2.75) is 24.3 Å². The second-order valence-corrected chi connectivity index (χ2v) is 6.13. The summed E-state index contributed by atoms with van der Waals surface area (Å²) < 4.78 is 11.3. The maximum Gasteiger partial charge on any atom is 0.178 e. The molecule has 4 rings (SSSR count). The molecule has 4 nitrogen and oxygen atoms in total. The number of hydrogen-bond donors (Lipinski definition) is 1. The van der Waals surface area contributed by atoms with Gasteiger partial charge in [0.2, 0.25) is 0 Å². The van der Waals surface area contributed by atoms with Gasteiger partial charge in [-0.2, -0.15) is 0 Å². The predicted molar refractivity (Wildman–Crippen MR) is 83.6 cm³/mol. The molecule has 4 heteroatoms. The van der Waals surface area contributed by atoms with Gasteiger partial charge in [-0.25, -0.2) is 0 Å².